The molecular weight excluding hydrogens is 370 g/mol. The molecule has 0 saturated heterocycles. The normalized spacial score (nSPS) is 11.5. The minimum atomic E-state index is -0.0434. The molecule has 0 atom stereocenters. The van der Waals surface area contributed by atoms with E-state index in [0.717, 1.165) is 40.5 Å². The third kappa shape index (κ3) is 3.82. The van der Waals surface area contributed by atoms with Crippen LogP contribution in [-0.2, 0) is 7.05 Å². The van der Waals surface area contributed by atoms with E-state index in [1.54, 1.807) is 22.2 Å². The molecule has 0 aliphatic heterocycles. The van der Waals surface area contributed by atoms with E-state index < -0.39 is 0 Å². The zero-order valence-corrected chi connectivity index (χ0v) is 18.4. The highest BCUT2D eigenvalue weighted by Crippen LogP contribution is 2.32. The monoisotopic (exact) mass is 399 g/mol. The van der Waals surface area contributed by atoms with Crippen LogP contribution < -0.4 is 4.90 Å². The number of carbonyl (C=O) groups excluding carboxylic acids is 1. The summed E-state index contributed by atoms with van der Waals surface area (Å²) in [6, 6.07) is 4.22. The Bertz CT molecular complexity index is 967. The molecule has 0 fully saturated rings. The topological polar surface area (TPSA) is 54.3 Å². The van der Waals surface area contributed by atoms with Crippen LogP contribution in [0, 0.1) is 20.8 Å². The van der Waals surface area contributed by atoms with Gasteiger partial charge in [0.2, 0.25) is 0 Å². The highest BCUT2D eigenvalue weighted by Gasteiger charge is 2.26. The maximum Gasteiger partial charge on any atom is 0.278 e. The molecule has 0 saturated carbocycles. The molecule has 6 nitrogen and oxygen atoms in total. The van der Waals surface area contributed by atoms with Gasteiger partial charge in [-0.25, -0.2) is 4.98 Å². The number of rotatable bonds is 7. The molecule has 0 bridgehead atoms. The summed E-state index contributed by atoms with van der Waals surface area (Å²) in [7, 11) is 1.81. The molecule has 0 aliphatic rings. The van der Waals surface area contributed by atoms with Crippen molar-refractivity contribution in [3.63, 3.8) is 0 Å². The number of carbonyl (C=O) groups is 1. The van der Waals surface area contributed by atoms with Crippen molar-refractivity contribution in [3.8, 4) is 0 Å². The summed E-state index contributed by atoms with van der Waals surface area (Å²) in [5, 5.41) is 5.00. The van der Waals surface area contributed by atoms with Gasteiger partial charge in [-0.2, -0.15) is 5.10 Å². The number of nitrogens with zero attached hydrogens (tertiary/aromatic N) is 5. The Balaban J connectivity index is 2.03. The van der Waals surface area contributed by atoms with E-state index in [0.29, 0.717) is 12.2 Å². The Kier molecular flexibility index (Phi) is 6.15. The van der Waals surface area contributed by atoms with E-state index >= 15 is 0 Å². The lowest BCUT2D eigenvalue weighted by molar-refractivity contribution is 0.0974. The van der Waals surface area contributed by atoms with Gasteiger partial charge in [0.1, 0.15) is 5.69 Å². The molecule has 1 amide bonds. The second-order valence-electron chi connectivity index (χ2n) is 7.13. The van der Waals surface area contributed by atoms with Gasteiger partial charge in [0.25, 0.3) is 5.91 Å². The maximum absolute atomic E-state index is 13.5. The molecule has 150 valence electrons. The molecule has 2 heterocycles. The second kappa shape index (κ2) is 8.41. The average Bonchev–Trinajstić information content (AvgIpc) is 3.25. The van der Waals surface area contributed by atoms with Crippen LogP contribution in [0.25, 0.3) is 10.2 Å². The number of anilines is 1. The van der Waals surface area contributed by atoms with Crippen molar-refractivity contribution in [1.82, 2.24) is 19.7 Å². The third-order valence-electron chi connectivity index (χ3n) is 5.41. The summed E-state index contributed by atoms with van der Waals surface area (Å²) in [5.41, 5.74) is 4.88. The number of aryl methyl sites for hydroxylation is 4. The summed E-state index contributed by atoms with van der Waals surface area (Å²) in [5.74, 6) is -0.0434. The predicted molar refractivity (Wildman–Crippen MR) is 117 cm³/mol. The molecule has 0 aliphatic carbocycles. The highest BCUT2D eigenvalue weighted by molar-refractivity contribution is 7.22. The van der Waals surface area contributed by atoms with Crippen molar-refractivity contribution in [2.75, 3.05) is 31.1 Å². The van der Waals surface area contributed by atoms with E-state index in [-0.39, 0.29) is 5.91 Å². The summed E-state index contributed by atoms with van der Waals surface area (Å²) in [6.07, 6.45) is 1.74. The lowest BCUT2D eigenvalue weighted by Crippen LogP contribution is -2.39. The summed E-state index contributed by atoms with van der Waals surface area (Å²) >= 11 is 1.58. The number of thiazole rings is 1. The van der Waals surface area contributed by atoms with Crippen molar-refractivity contribution >= 4 is 32.6 Å². The minimum Gasteiger partial charge on any atom is -0.302 e. The zero-order chi connectivity index (χ0) is 20.4. The molecule has 7 heteroatoms. The number of fused-ring (bicyclic) bond motifs is 1. The van der Waals surface area contributed by atoms with Crippen LogP contribution in [0.4, 0.5) is 5.13 Å². The number of aromatic nitrogens is 3. The van der Waals surface area contributed by atoms with Gasteiger partial charge in [-0.3, -0.25) is 14.4 Å². The summed E-state index contributed by atoms with van der Waals surface area (Å²) < 4.78 is 2.77. The molecule has 0 radical (unpaired) electrons. The van der Waals surface area contributed by atoms with Crippen molar-refractivity contribution in [2.24, 2.45) is 7.05 Å². The van der Waals surface area contributed by atoms with Crippen molar-refractivity contribution in [1.29, 1.82) is 0 Å². The fraction of sp³-hybridized carbons (Fsp3) is 0.476. The number of hydrogen-bond donors (Lipinski definition) is 0. The molecule has 3 aromatic rings. The van der Waals surface area contributed by atoms with Crippen molar-refractivity contribution < 1.29 is 4.79 Å². The Labute approximate surface area is 170 Å². The van der Waals surface area contributed by atoms with Gasteiger partial charge >= 0.3 is 0 Å². The zero-order valence-electron chi connectivity index (χ0n) is 17.6. The first kappa shape index (κ1) is 20.5. The highest BCUT2D eigenvalue weighted by atomic mass is 32.1. The van der Waals surface area contributed by atoms with E-state index in [2.05, 4.69) is 49.8 Å². The summed E-state index contributed by atoms with van der Waals surface area (Å²) in [6.45, 7) is 13.7. The largest absolute Gasteiger partial charge is 0.302 e. The Morgan fingerprint density at radius 1 is 1.11 bits per heavy atom. The summed E-state index contributed by atoms with van der Waals surface area (Å²) in [4.78, 5) is 22.5. The first-order chi connectivity index (χ1) is 13.4. The van der Waals surface area contributed by atoms with Gasteiger partial charge in [0, 0.05) is 20.1 Å². The molecule has 2 aromatic heterocycles. The SMILES string of the molecule is CCN(CC)CCN(C(=O)c1c(C)cnn1C)c1nc2c(C)c(C)ccc2s1. The van der Waals surface area contributed by atoms with Crippen molar-refractivity contribution in [3.05, 3.63) is 40.7 Å². The van der Waals surface area contributed by atoms with Crippen molar-refractivity contribution in [2.45, 2.75) is 34.6 Å². The Hall–Kier alpha value is -2.25. The molecule has 28 heavy (non-hydrogen) atoms. The van der Waals surface area contributed by atoms with Crippen LogP contribution in [0.15, 0.2) is 18.3 Å². The molecule has 0 N–H and O–H groups in total. The number of benzene rings is 1. The first-order valence-corrected chi connectivity index (χ1v) is 10.6. The lowest BCUT2D eigenvalue weighted by atomic mass is 10.1. The minimum absolute atomic E-state index is 0.0434. The Morgan fingerprint density at radius 3 is 2.43 bits per heavy atom. The number of amides is 1. The molecule has 1 aromatic carbocycles. The van der Waals surface area contributed by atoms with Crippen LogP contribution in [-0.4, -0.2) is 51.8 Å². The van der Waals surface area contributed by atoms with Gasteiger partial charge in [0.15, 0.2) is 5.13 Å². The average molecular weight is 400 g/mol. The second-order valence-corrected chi connectivity index (χ2v) is 8.14. The van der Waals surface area contributed by atoms with Crippen LogP contribution in [0.5, 0.6) is 0 Å². The standard InChI is InChI=1S/C21H29N5OS/c1-7-25(8-2)11-12-26(20(27)19-15(4)13-22-24(19)6)21-23-18-16(5)14(3)9-10-17(18)28-21/h9-10,13H,7-8,11-12H2,1-6H3. The molecular formula is C21H29N5OS. The van der Waals surface area contributed by atoms with Gasteiger partial charge in [-0.15, -0.1) is 0 Å². The quantitative estimate of drug-likeness (QED) is 0.604. The number of hydrogen-bond acceptors (Lipinski definition) is 5. The van der Waals surface area contributed by atoms with Gasteiger partial charge in [0.05, 0.1) is 16.4 Å². The van der Waals surface area contributed by atoms with Crippen LogP contribution in [0.3, 0.4) is 0 Å². The van der Waals surface area contributed by atoms with E-state index in [4.69, 9.17) is 4.98 Å². The van der Waals surface area contributed by atoms with E-state index in [1.807, 2.05) is 18.9 Å². The smallest absolute Gasteiger partial charge is 0.278 e. The van der Waals surface area contributed by atoms with Gasteiger partial charge in [-0.1, -0.05) is 31.3 Å². The Morgan fingerprint density at radius 2 is 1.82 bits per heavy atom. The third-order valence-corrected chi connectivity index (χ3v) is 6.45. The van der Waals surface area contributed by atoms with Crippen LogP contribution >= 0.6 is 11.3 Å². The van der Waals surface area contributed by atoms with E-state index in [1.165, 1.54) is 11.1 Å². The lowest BCUT2D eigenvalue weighted by Gasteiger charge is -2.25. The fourth-order valence-electron chi connectivity index (χ4n) is 3.38. The van der Waals surface area contributed by atoms with Crippen LogP contribution in [0.1, 0.15) is 41.0 Å². The molecule has 0 spiro atoms. The number of likely N-dealkylation sites (N-methyl/N-ethyl adjacent to an activating group) is 1. The van der Waals surface area contributed by atoms with Crippen LogP contribution in [0.2, 0.25) is 0 Å². The van der Waals surface area contributed by atoms with E-state index in [9.17, 15) is 4.79 Å². The van der Waals surface area contributed by atoms with Gasteiger partial charge in [-0.05, 0) is 56.6 Å². The molecule has 3 rings (SSSR count). The van der Waals surface area contributed by atoms with Gasteiger partial charge < -0.3 is 4.90 Å². The first-order valence-electron chi connectivity index (χ1n) is 9.76. The fourth-order valence-corrected chi connectivity index (χ4v) is 4.43. The predicted octanol–water partition coefficient (Wildman–Crippen LogP) is 3.94. The maximum atomic E-state index is 13.5. The molecule has 0 unspecified atom stereocenters.